The van der Waals surface area contributed by atoms with Crippen molar-refractivity contribution in [1.82, 2.24) is 24.8 Å². The van der Waals surface area contributed by atoms with Crippen LogP contribution in [0.15, 0.2) is 30.7 Å². The number of hydrogen-bond acceptors (Lipinski definition) is 11. The highest BCUT2D eigenvalue weighted by Gasteiger charge is 2.38. The smallest absolute Gasteiger partial charge is 0.294 e. The van der Waals surface area contributed by atoms with Gasteiger partial charge in [0.25, 0.3) is 5.69 Å². The average molecular weight is 508 g/mol. The van der Waals surface area contributed by atoms with E-state index in [-0.39, 0.29) is 17.1 Å². The molecule has 3 heterocycles. The first kappa shape index (κ1) is 26.0. The van der Waals surface area contributed by atoms with Gasteiger partial charge in [0, 0.05) is 50.4 Å². The maximum atomic E-state index is 11.9. The summed E-state index contributed by atoms with van der Waals surface area (Å²) in [6.07, 6.45) is 3.29. The Morgan fingerprint density at radius 3 is 2.59 bits per heavy atom. The Bertz CT molecular complexity index is 1310. The molecule has 196 valence electrons. The van der Waals surface area contributed by atoms with Gasteiger partial charge in [-0.2, -0.15) is 4.98 Å². The number of fused-ring (bicyclic) bond motifs is 1. The third kappa shape index (κ3) is 5.38. The quantitative estimate of drug-likeness (QED) is 0.337. The fourth-order valence-corrected chi connectivity index (χ4v) is 4.36. The van der Waals surface area contributed by atoms with E-state index in [1.807, 2.05) is 49.0 Å². The highest BCUT2D eigenvalue weighted by Crippen LogP contribution is 2.43. The van der Waals surface area contributed by atoms with Crippen LogP contribution in [-0.4, -0.2) is 77.6 Å². The highest BCUT2D eigenvalue weighted by atomic mass is 16.6. The molecule has 0 saturated carbocycles. The molecule has 0 unspecified atom stereocenters. The Balaban J connectivity index is 1.67. The van der Waals surface area contributed by atoms with Crippen molar-refractivity contribution >= 4 is 34.6 Å². The number of nitro groups is 1. The molecule has 0 atom stereocenters. The first-order valence-corrected chi connectivity index (χ1v) is 11.9. The summed E-state index contributed by atoms with van der Waals surface area (Å²) < 4.78 is 5.57. The van der Waals surface area contributed by atoms with Crippen molar-refractivity contribution in [3.8, 4) is 5.75 Å². The number of nitrogens with zero attached hydrogens (tertiary/aromatic N) is 8. The van der Waals surface area contributed by atoms with Crippen molar-refractivity contribution in [2.45, 2.75) is 26.2 Å². The van der Waals surface area contributed by atoms with Crippen molar-refractivity contribution in [3.05, 3.63) is 52.1 Å². The Kier molecular flexibility index (Phi) is 7.12. The van der Waals surface area contributed by atoms with Gasteiger partial charge in [-0.05, 0) is 32.6 Å². The second kappa shape index (κ2) is 10.1. The van der Waals surface area contributed by atoms with Crippen LogP contribution < -0.4 is 19.9 Å². The molecule has 0 bridgehead atoms. The van der Waals surface area contributed by atoms with Crippen LogP contribution in [0.2, 0.25) is 0 Å². The van der Waals surface area contributed by atoms with Gasteiger partial charge in [0.15, 0.2) is 0 Å². The van der Waals surface area contributed by atoms with Crippen LogP contribution in [0.1, 0.15) is 25.1 Å². The van der Waals surface area contributed by atoms with E-state index in [1.165, 1.54) is 19.5 Å². The third-order valence-electron chi connectivity index (χ3n) is 6.32. The zero-order valence-corrected chi connectivity index (χ0v) is 22.3. The van der Waals surface area contributed by atoms with Gasteiger partial charge in [-0.15, -0.1) is 0 Å². The number of hydrogen-bond donors (Lipinski definition) is 1. The van der Waals surface area contributed by atoms with Gasteiger partial charge in [0.1, 0.15) is 17.8 Å². The molecule has 4 rings (SSSR count). The fourth-order valence-electron chi connectivity index (χ4n) is 4.36. The zero-order chi connectivity index (χ0) is 26.9. The molecule has 0 amide bonds. The van der Waals surface area contributed by atoms with Gasteiger partial charge in [-0.3, -0.25) is 15.1 Å². The first-order chi connectivity index (χ1) is 17.5. The van der Waals surface area contributed by atoms with E-state index in [1.54, 1.807) is 6.07 Å². The lowest BCUT2D eigenvalue weighted by Gasteiger charge is -2.23. The number of pyridine rings is 1. The molecule has 12 nitrogen and oxygen atoms in total. The molecule has 1 aliphatic rings. The van der Waals surface area contributed by atoms with Crippen molar-refractivity contribution in [1.29, 1.82) is 0 Å². The lowest BCUT2D eigenvalue weighted by Crippen LogP contribution is -2.29. The predicted octanol–water partition coefficient (Wildman–Crippen LogP) is 3.66. The largest absolute Gasteiger partial charge is 0.494 e. The lowest BCUT2D eigenvalue weighted by atomic mass is 9.91. The fraction of sp³-hybridized carbons (Fsp3) is 0.440. The van der Waals surface area contributed by atoms with Crippen LogP contribution in [0.25, 0.3) is 0 Å². The van der Waals surface area contributed by atoms with E-state index >= 15 is 0 Å². The minimum Gasteiger partial charge on any atom is -0.494 e. The standard InChI is InChI=1S/C25H33N9O3/c1-16-10-20-22(26-13-16)25(2,3)14-33(20)24-28-15-27-23(30-24)29-17-11-19(34(35)36)18(12-21(17)37-7)32(6)9-8-31(4)5/h10-13,15H,8-9,14H2,1-7H3,(H,27,28,29,30). The van der Waals surface area contributed by atoms with Crippen molar-refractivity contribution in [2.24, 2.45) is 0 Å². The molecule has 37 heavy (non-hydrogen) atoms. The van der Waals surface area contributed by atoms with E-state index < -0.39 is 4.92 Å². The van der Waals surface area contributed by atoms with Gasteiger partial charge in [-0.25, -0.2) is 9.97 Å². The molecule has 0 fully saturated rings. The molecule has 12 heteroatoms. The summed E-state index contributed by atoms with van der Waals surface area (Å²) in [5, 5.41) is 15.0. The topological polar surface area (TPSA) is 126 Å². The second-order valence-electron chi connectivity index (χ2n) is 10.1. The van der Waals surface area contributed by atoms with E-state index in [0.717, 1.165) is 23.5 Å². The molecular weight excluding hydrogens is 474 g/mol. The summed E-state index contributed by atoms with van der Waals surface area (Å²) >= 11 is 0. The molecule has 0 radical (unpaired) electrons. The predicted molar refractivity (Wildman–Crippen MR) is 144 cm³/mol. The number of nitro benzene ring substituents is 1. The number of aromatic nitrogens is 4. The maximum absolute atomic E-state index is 11.9. The van der Waals surface area contributed by atoms with Gasteiger partial charge >= 0.3 is 0 Å². The summed E-state index contributed by atoms with van der Waals surface area (Å²) in [5.41, 5.74) is 3.61. The third-order valence-corrected chi connectivity index (χ3v) is 6.32. The number of ether oxygens (including phenoxy) is 1. The van der Waals surface area contributed by atoms with Gasteiger partial charge in [0.05, 0.1) is 29.1 Å². The lowest BCUT2D eigenvalue weighted by molar-refractivity contribution is -0.384. The summed E-state index contributed by atoms with van der Waals surface area (Å²) in [6.45, 7) is 8.28. The normalized spacial score (nSPS) is 14.0. The molecule has 0 saturated heterocycles. The number of rotatable bonds is 9. The van der Waals surface area contributed by atoms with Crippen LogP contribution in [-0.2, 0) is 5.41 Å². The van der Waals surface area contributed by atoms with Crippen LogP contribution in [0.3, 0.4) is 0 Å². The second-order valence-corrected chi connectivity index (χ2v) is 10.1. The van der Waals surface area contributed by atoms with Crippen molar-refractivity contribution < 1.29 is 9.66 Å². The molecule has 3 aromatic rings. The van der Waals surface area contributed by atoms with Crippen LogP contribution in [0, 0.1) is 17.0 Å². The minimum absolute atomic E-state index is 0.0457. The molecule has 1 aliphatic heterocycles. The monoisotopic (exact) mass is 507 g/mol. The summed E-state index contributed by atoms with van der Waals surface area (Å²) in [4.78, 5) is 35.4. The van der Waals surface area contributed by atoms with E-state index in [9.17, 15) is 10.1 Å². The number of likely N-dealkylation sites (N-methyl/N-ethyl adjacent to an activating group) is 2. The molecule has 1 aromatic carbocycles. The first-order valence-electron chi connectivity index (χ1n) is 11.9. The summed E-state index contributed by atoms with van der Waals surface area (Å²) in [5.74, 6) is 1.15. The summed E-state index contributed by atoms with van der Waals surface area (Å²) in [6, 6.07) is 5.18. The number of aryl methyl sites for hydroxylation is 1. The van der Waals surface area contributed by atoms with E-state index in [0.29, 0.717) is 36.2 Å². The number of methoxy groups -OCH3 is 1. The zero-order valence-electron chi connectivity index (χ0n) is 22.3. The molecule has 1 N–H and O–H groups in total. The van der Waals surface area contributed by atoms with E-state index in [4.69, 9.17) is 4.74 Å². The number of anilines is 5. The van der Waals surface area contributed by atoms with Gasteiger partial charge < -0.3 is 24.8 Å². The number of benzene rings is 1. The summed E-state index contributed by atoms with van der Waals surface area (Å²) in [7, 11) is 7.26. The van der Waals surface area contributed by atoms with Gasteiger partial charge in [-0.1, -0.05) is 13.8 Å². The van der Waals surface area contributed by atoms with Crippen LogP contribution in [0.5, 0.6) is 5.75 Å². The maximum Gasteiger partial charge on any atom is 0.294 e. The Labute approximate surface area is 216 Å². The Hall–Kier alpha value is -4.06. The van der Waals surface area contributed by atoms with Crippen molar-refractivity contribution in [2.75, 3.05) is 63.0 Å². The highest BCUT2D eigenvalue weighted by molar-refractivity contribution is 5.77. The van der Waals surface area contributed by atoms with Crippen LogP contribution >= 0.6 is 0 Å². The molecule has 0 spiro atoms. The SMILES string of the molecule is COc1cc(N(C)CCN(C)C)c([N+](=O)[O-])cc1Nc1ncnc(N2CC(C)(C)c3ncc(C)cc32)n1. The molecule has 2 aromatic heterocycles. The van der Waals surface area contributed by atoms with E-state index in [2.05, 4.69) is 45.2 Å². The van der Waals surface area contributed by atoms with Gasteiger partial charge in [0.2, 0.25) is 11.9 Å². The average Bonchev–Trinajstić information content (AvgIpc) is 3.12. The Morgan fingerprint density at radius 2 is 1.92 bits per heavy atom. The molecular formula is C25H33N9O3. The Morgan fingerprint density at radius 1 is 1.16 bits per heavy atom. The minimum atomic E-state index is -0.399. The molecule has 0 aliphatic carbocycles. The van der Waals surface area contributed by atoms with Crippen molar-refractivity contribution in [3.63, 3.8) is 0 Å². The number of nitrogens with one attached hydrogen (secondary N) is 1. The van der Waals surface area contributed by atoms with Crippen LogP contribution in [0.4, 0.5) is 34.6 Å².